The van der Waals surface area contributed by atoms with Crippen molar-refractivity contribution in [3.05, 3.63) is 41.6 Å². The molecule has 35 heavy (non-hydrogen) atoms. The van der Waals surface area contributed by atoms with E-state index in [0.29, 0.717) is 11.8 Å². The van der Waals surface area contributed by atoms with Gasteiger partial charge in [0.2, 0.25) is 0 Å². The summed E-state index contributed by atoms with van der Waals surface area (Å²) in [6.45, 7) is 9.33. The van der Waals surface area contributed by atoms with Gasteiger partial charge in [-0.1, -0.05) is 38.7 Å². The summed E-state index contributed by atoms with van der Waals surface area (Å²) in [5.74, 6) is 2.22. The second-order valence-corrected chi connectivity index (χ2v) is 10.5. The second-order valence-electron chi connectivity index (χ2n) is 10.5. The van der Waals surface area contributed by atoms with Crippen molar-refractivity contribution in [2.24, 2.45) is 5.92 Å². The first-order valence-electron chi connectivity index (χ1n) is 13.6. The second kappa shape index (κ2) is 11.0. The van der Waals surface area contributed by atoms with Crippen LogP contribution in [0.5, 0.6) is 0 Å². The van der Waals surface area contributed by atoms with Gasteiger partial charge in [-0.3, -0.25) is 0 Å². The Labute approximate surface area is 210 Å². The van der Waals surface area contributed by atoms with Gasteiger partial charge < -0.3 is 19.9 Å². The first-order chi connectivity index (χ1) is 17.1. The van der Waals surface area contributed by atoms with E-state index >= 15 is 0 Å². The number of aromatic nitrogens is 1. The summed E-state index contributed by atoms with van der Waals surface area (Å²) >= 11 is 0. The summed E-state index contributed by atoms with van der Waals surface area (Å²) in [5, 5.41) is 3.17. The van der Waals surface area contributed by atoms with Crippen molar-refractivity contribution in [2.75, 3.05) is 49.6 Å². The van der Waals surface area contributed by atoms with Gasteiger partial charge in [0.25, 0.3) is 0 Å². The van der Waals surface area contributed by atoms with E-state index in [-0.39, 0.29) is 6.03 Å². The van der Waals surface area contributed by atoms with Crippen molar-refractivity contribution in [3.8, 4) is 11.1 Å². The number of hydrogen-bond acceptors (Lipinski definition) is 4. The summed E-state index contributed by atoms with van der Waals surface area (Å²) in [6.07, 6.45) is 8.61. The molecule has 188 valence electrons. The minimum atomic E-state index is 0.0161. The fraction of sp³-hybridized carbons (Fsp3) is 0.586. The number of rotatable bonds is 5. The molecule has 3 heterocycles. The van der Waals surface area contributed by atoms with E-state index in [2.05, 4.69) is 48.3 Å². The molecule has 6 nitrogen and oxygen atoms in total. The van der Waals surface area contributed by atoms with E-state index in [1.165, 1.54) is 54.5 Å². The van der Waals surface area contributed by atoms with Crippen LogP contribution in [0, 0.1) is 12.8 Å². The Hall–Kier alpha value is -2.60. The van der Waals surface area contributed by atoms with Crippen LogP contribution in [0.3, 0.4) is 0 Å². The highest BCUT2D eigenvalue weighted by molar-refractivity contribution is 5.90. The number of morpholine rings is 1. The minimum Gasteiger partial charge on any atom is -0.378 e. The number of benzene rings is 1. The van der Waals surface area contributed by atoms with Gasteiger partial charge in [0, 0.05) is 43.5 Å². The number of ether oxygens (including phenoxy) is 1. The number of aryl methyl sites for hydroxylation is 1. The summed E-state index contributed by atoms with van der Waals surface area (Å²) in [4.78, 5) is 22.4. The standard InChI is InChI=1S/C29H40N4O2/c1-3-22-11-12-33(20-22)29(34)30-25-10-9-21(2)26(19-25)24-17-27(23-7-5-4-6-8-23)31-28(18-24)32-13-15-35-16-14-32/h9-10,17-19,22-23H,3-8,11-16,20H2,1-2H3,(H,30,34)/t22-/m1/s1. The lowest BCUT2D eigenvalue weighted by Crippen LogP contribution is -2.37. The SMILES string of the molecule is CC[C@@H]1CCN(C(=O)Nc2ccc(C)c(-c3cc(C4CCCCC4)nc(N4CCOCC4)c3)c2)C1. The van der Waals surface area contributed by atoms with Crippen LogP contribution in [-0.2, 0) is 4.74 Å². The minimum absolute atomic E-state index is 0.0161. The molecule has 0 radical (unpaired) electrons. The van der Waals surface area contributed by atoms with Crippen LogP contribution in [0.25, 0.3) is 11.1 Å². The van der Waals surface area contributed by atoms with E-state index in [9.17, 15) is 4.79 Å². The Balaban J connectivity index is 1.44. The highest BCUT2D eigenvalue weighted by Gasteiger charge is 2.25. The molecule has 1 saturated carbocycles. The molecule has 1 atom stereocenters. The number of nitrogens with zero attached hydrogens (tertiary/aromatic N) is 3. The first-order valence-corrected chi connectivity index (χ1v) is 13.6. The van der Waals surface area contributed by atoms with E-state index in [0.717, 1.165) is 63.7 Å². The Kier molecular flexibility index (Phi) is 7.57. The molecule has 2 amide bonds. The van der Waals surface area contributed by atoms with E-state index in [4.69, 9.17) is 9.72 Å². The van der Waals surface area contributed by atoms with Gasteiger partial charge in [0.1, 0.15) is 5.82 Å². The molecule has 2 aliphatic heterocycles. The molecule has 0 unspecified atom stereocenters. The summed E-state index contributed by atoms with van der Waals surface area (Å²) in [6, 6.07) is 10.8. The number of urea groups is 1. The quantitative estimate of drug-likeness (QED) is 0.558. The van der Waals surface area contributed by atoms with Gasteiger partial charge in [0.15, 0.2) is 0 Å². The molecule has 5 rings (SSSR count). The number of anilines is 2. The molecule has 1 aromatic carbocycles. The molecular weight excluding hydrogens is 436 g/mol. The number of likely N-dealkylation sites (tertiary alicyclic amines) is 1. The Morgan fingerprint density at radius 2 is 1.86 bits per heavy atom. The molecule has 0 bridgehead atoms. The number of amides is 2. The third-order valence-corrected chi connectivity index (χ3v) is 8.14. The maximum absolute atomic E-state index is 12.9. The largest absolute Gasteiger partial charge is 0.378 e. The average molecular weight is 477 g/mol. The first kappa shape index (κ1) is 24.1. The van der Waals surface area contributed by atoms with Crippen molar-refractivity contribution >= 4 is 17.5 Å². The zero-order chi connectivity index (χ0) is 24.2. The van der Waals surface area contributed by atoms with E-state index < -0.39 is 0 Å². The zero-order valence-electron chi connectivity index (χ0n) is 21.4. The van der Waals surface area contributed by atoms with Crippen molar-refractivity contribution < 1.29 is 9.53 Å². The Bertz CT molecular complexity index is 991. The van der Waals surface area contributed by atoms with Gasteiger partial charge >= 0.3 is 6.03 Å². The molecule has 2 aromatic rings. The summed E-state index contributed by atoms with van der Waals surface area (Å²) in [5.41, 5.74) is 5.66. The predicted molar refractivity (Wildman–Crippen MR) is 142 cm³/mol. The molecule has 2 saturated heterocycles. The lowest BCUT2D eigenvalue weighted by molar-refractivity contribution is 0.122. The fourth-order valence-corrected chi connectivity index (χ4v) is 5.82. The third-order valence-electron chi connectivity index (χ3n) is 8.14. The van der Waals surface area contributed by atoms with Gasteiger partial charge in [-0.2, -0.15) is 0 Å². The number of pyridine rings is 1. The molecule has 1 N–H and O–H groups in total. The zero-order valence-corrected chi connectivity index (χ0v) is 21.4. The van der Waals surface area contributed by atoms with Crippen LogP contribution in [0.4, 0.5) is 16.3 Å². The smallest absolute Gasteiger partial charge is 0.321 e. The van der Waals surface area contributed by atoms with Gasteiger partial charge in [0.05, 0.1) is 13.2 Å². The number of carbonyl (C=O) groups excluding carboxylic acids is 1. The molecule has 3 fully saturated rings. The van der Waals surface area contributed by atoms with Crippen LogP contribution in [0.15, 0.2) is 30.3 Å². The third kappa shape index (κ3) is 5.64. The Morgan fingerprint density at radius 1 is 1.06 bits per heavy atom. The van der Waals surface area contributed by atoms with E-state index in [1.807, 2.05) is 11.0 Å². The van der Waals surface area contributed by atoms with E-state index in [1.54, 1.807) is 0 Å². The molecule has 6 heteroatoms. The van der Waals surface area contributed by atoms with Crippen LogP contribution in [0.1, 0.15) is 69.0 Å². The highest BCUT2D eigenvalue weighted by atomic mass is 16.5. The molecule has 0 spiro atoms. The van der Waals surface area contributed by atoms with Gasteiger partial charge in [-0.25, -0.2) is 9.78 Å². The van der Waals surface area contributed by atoms with Crippen molar-refractivity contribution in [1.82, 2.24) is 9.88 Å². The molecular formula is C29H40N4O2. The van der Waals surface area contributed by atoms with Crippen molar-refractivity contribution in [1.29, 1.82) is 0 Å². The maximum Gasteiger partial charge on any atom is 0.321 e. The lowest BCUT2D eigenvalue weighted by Gasteiger charge is -2.30. The van der Waals surface area contributed by atoms with Gasteiger partial charge in [-0.15, -0.1) is 0 Å². The Morgan fingerprint density at radius 3 is 2.60 bits per heavy atom. The van der Waals surface area contributed by atoms with Crippen LogP contribution in [-0.4, -0.2) is 55.3 Å². The van der Waals surface area contributed by atoms with Crippen molar-refractivity contribution in [3.63, 3.8) is 0 Å². The fourth-order valence-electron chi connectivity index (χ4n) is 5.82. The number of carbonyl (C=O) groups is 1. The number of hydrogen-bond donors (Lipinski definition) is 1. The molecule has 1 aromatic heterocycles. The van der Waals surface area contributed by atoms with Crippen LogP contribution < -0.4 is 10.2 Å². The van der Waals surface area contributed by atoms with Crippen LogP contribution >= 0.6 is 0 Å². The topological polar surface area (TPSA) is 57.7 Å². The monoisotopic (exact) mass is 476 g/mol. The lowest BCUT2D eigenvalue weighted by atomic mass is 9.85. The predicted octanol–water partition coefficient (Wildman–Crippen LogP) is 6.21. The molecule has 1 aliphatic carbocycles. The van der Waals surface area contributed by atoms with Gasteiger partial charge in [-0.05, 0) is 73.1 Å². The molecule has 3 aliphatic rings. The maximum atomic E-state index is 12.9. The summed E-state index contributed by atoms with van der Waals surface area (Å²) < 4.78 is 5.60. The normalized spacial score (nSPS) is 21.4. The average Bonchev–Trinajstić information content (AvgIpc) is 3.40. The number of nitrogens with one attached hydrogen (secondary N) is 1. The van der Waals surface area contributed by atoms with Crippen LogP contribution in [0.2, 0.25) is 0 Å². The summed E-state index contributed by atoms with van der Waals surface area (Å²) in [7, 11) is 0. The van der Waals surface area contributed by atoms with Crippen molar-refractivity contribution in [2.45, 2.75) is 64.7 Å². The highest BCUT2D eigenvalue weighted by Crippen LogP contribution is 2.37.